The van der Waals surface area contributed by atoms with E-state index in [0.29, 0.717) is 11.4 Å². The van der Waals surface area contributed by atoms with Crippen LogP contribution in [0, 0.1) is 6.92 Å². The van der Waals surface area contributed by atoms with Gasteiger partial charge in [-0.2, -0.15) is 5.10 Å². The van der Waals surface area contributed by atoms with Crippen molar-refractivity contribution in [2.24, 2.45) is 5.10 Å². The summed E-state index contributed by atoms with van der Waals surface area (Å²) < 4.78 is 1.09. The molecule has 2 aromatic rings. The second kappa shape index (κ2) is 7.17. The Morgan fingerprint density at radius 3 is 2.42 bits per heavy atom. The lowest BCUT2D eigenvalue weighted by atomic mass is 10.2. The van der Waals surface area contributed by atoms with Crippen LogP contribution in [0.1, 0.15) is 18.1 Å². The molecule has 0 unspecified atom stereocenters. The molecule has 8 heteroatoms. The molecule has 138 valence electrons. The quantitative estimate of drug-likeness (QED) is 0.620. The third kappa shape index (κ3) is 3.55. The van der Waals surface area contributed by atoms with Gasteiger partial charge in [0.25, 0.3) is 5.56 Å². The van der Waals surface area contributed by atoms with E-state index < -0.39 is 17.1 Å². The van der Waals surface area contributed by atoms with Crippen LogP contribution >= 0.6 is 0 Å². The number of piperazine rings is 1. The molecule has 26 heavy (non-hydrogen) atoms. The molecule has 1 fully saturated rings. The molecule has 1 saturated heterocycles. The van der Waals surface area contributed by atoms with E-state index in [1.165, 1.54) is 4.90 Å². The van der Waals surface area contributed by atoms with Gasteiger partial charge in [0.05, 0.1) is 44.6 Å². The van der Waals surface area contributed by atoms with Crippen LogP contribution in [-0.4, -0.2) is 58.6 Å². The van der Waals surface area contributed by atoms with E-state index in [4.69, 9.17) is 0 Å². The topological polar surface area (TPSA) is 95.1 Å². The zero-order valence-electron chi connectivity index (χ0n) is 15.2. The summed E-state index contributed by atoms with van der Waals surface area (Å²) in [6.45, 7) is 7.07. The maximum absolute atomic E-state index is 12.3. The molecule has 1 aliphatic heterocycles. The normalized spacial score (nSPS) is 16.1. The van der Waals surface area contributed by atoms with Gasteiger partial charge in [-0.25, -0.2) is 9.36 Å². The summed E-state index contributed by atoms with van der Waals surface area (Å²) in [5.74, 6) is -0.399. The summed E-state index contributed by atoms with van der Waals surface area (Å²) >= 11 is 0. The van der Waals surface area contributed by atoms with Crippen molar-refractivity contribution in [3.05, 3.63) is 56.2 Å². The third-order valence-electron chi connectivity index (χ3n) is 4.62. The number of rotatable bonds is 3. The first kappa shape index (κ1) is 17.9. The van der Waals surface area contributed by atoms with Crippen molar-refractivity contribution in [1.82, 2.24) is 14.6 Å². The van der Waals surface area contributed by atoms with E-state index in [0.717, 1.165) is 36.3 Å². The fourth-order valence-electron chi connectivity index (χ4n) is 3.02. The molecule has 0 atom stereocenters. The highest BCUT2D eigenvalue weighted by molar-refractivity contribution is 6.00. The number of nitrogens with zero attached hydrogens (tertiary/aromatic N) is 3. The maximum Gasteiger partial charge on any atom is 0.335 e. The molecule has 0 amide bonds. The standard InChI is InChI=1S/C18H23N5O3/c1-12-4-6-14(7-5-12)23-17(25)15(16(24)19-18(23)26)13(2)20-22-10-8-21(3)9-11-22/h4-7,25H,8-11H2,1-3H3,(H,19,24,26)/p+1/b20-13+. The Labute approximate surface area is 151 Å². The number of hydrogen-bond acceptors (Lipinski definition) is 5. The summed E-state index contributed by atoms with van der Waals surface area (Å²) in [5, 5.41) is 17.0. The summed E-state index contributed by atoms with van der Waals surface area (Å²) in [6, 6.07) is 7.10. The van der Waals surface area contributed by atoms with E-state index in [1.807, 2.05) is 24.1 Å². The van der Waals surface area contributed by atoms with Crippen LogP contribution in [0.5, 0.6) is 5.88 Å². The fourth-order valence-corrected chi connectivity index (χ4v) is 3.02. The van der Waals surface area contributed by atoms with Crippen LogP contribution in [0.4, 0.5) is 0 Å². The van der Waals surface area contributed by atoms with Crippen LogP contribution in [0.15, 0.2) is 39.0 Å². The van der Waals surface area contributed by atoms with Crippen molar-refractivity contribution in [2.45, 2.75) is 13.8 Å². The molecule has 0 bridgehead atoms. The smallest absolute Gasteiger partial charge is 0.335 e. The van der Waals surface area contributed by atoms with E-state index in [9.17, 15) is 14.7 Å². The number of benzene rings is 1. The van der Waals surface area contributed by atoms with Crippen molar-refractivity contribution in [3.63, 3.8) is 0 Å². The summed E-state index contributed by atoms with van der Waals surface area (Å²) in [5.41, 5.74) is 0.570. The molecule has 1 aromatic carbocycles. The highest BCUT2D eigenvalue weighted by Gasteiger charge is 2.20. The molecule has 1 aromatic heterocycles. The van der Waals surface area contributed by atoms with E-state index in [2.05, 4.69) is 17.1 Å². The minimum Gasteiger partial charge on any atom is -0.493 e. The van der Waals surface area contributed by atoms with Crippen LogP contribution < -0.4 is 16.1 Å². The molecule has 2 heterocycles. The number of likely N-dealkylation sites (N-methyl/N-ethyl adjacent to an activating group) is 1. The van der Waals surface area contributed by atoms with Crippen molar-refractivity contribution >= 4 is 5.71 Å². The van der Waals surface area contributed by atoms with Gasteiger partial charge in [0.15, 0.2) is 0 Å². The van der Waals surface area contributed by atoms with Gasteiger partial charge in [-0.3, -0.25) is 14.8 Å². The summed E-state index contributed by atoms with van der Waals surface area (Å²) in [7, 11) is 2.13. The summed E-state index contributed by atoms with van der Waals surface area (Å²) in [4.78, 5) is 28.3. The summed E-state index contributed by atoms with van der Waals surface area (Å²) in [6.07, 6.45) is 0. The molecule has 1 aliphatic rings. The monoisotopic (exact) mass is 358 g/mol. The molecular formula is C18H24N5O3+. The number of hydrazone groups is 1. The van der Waals surface area contributed by atoms with Crippen molar-refractivity contribution in [2.75, 3.05) is 33.2 Å². The Morgan fingerprint density at radius 2 is 1.81 bits per heavy atom. The Hall–Kier alpha value is -2.87. The predicted octanol–water partition coefficient (Wildman–Crippen LogP) is -0.906. The number of aromatic nitrogens is 2. The van der Waals surface area contributed by atoms with Gasteiger partial charge in [-0.1, -0.05) is 17.7 Å². The van der Waals surface area contributed by atoms with E-state index in [-0.39, 0.29) is 5.56 Å². The molecule has 3 rings (SSSR count). The fraction of sp³-hybridized carbons (Fsp3) is 0.389. The molecular weight excluding hydrogens is 334 g/mol. The van der Waals surface area contributed by atoms with Crippen LogP contribution in [0.2, 0.25) is 0 Å². The van der Waals surface area contributed by atoms with E-state index in [1.54, 1.807) is 19.1 Å². The Morgan fingerprint density at radius 1 is 1.19 bits per heavy atom. The van der Waals surface area contributed by atoms with Gasteiger partial charge in [-0.05, 0) is 26.0 Å². The molecule has 8 nitrogen and oxygen atoms in total. The van der Waals surface area contributed by atoms with E-state index >= 15 is 0 Å². The van der Waals surface area contributed by atoms with Crippen molar-refractivity contribution < 1.29 is 10.0 Å². The van der Waals surface area contributed by atoms with Gasteiger partial charge in [-0.15, -0.1) is 0 Å². The van der Waals surface area contributed by atoms with Gasteiger partial charge in [0.1, 0.15) is 5.56 Å². The average Bonchev–Trinajstić information content (AvgIpc) is 2.58. The lowest BCUT2D eigenvalue weighted by molar-refractivity contribution is -0.884. The first-order chi connectivity index (χ1) is 12.4. The van der Waals surface area contributed by atoms with Gasteiger partial charge >= 0.3 is 5.69 Å². The minimum atomic E-state index is -0.684. The molecule has 0 aliphatic carbocycles. The van der Waals surface area contributed by atoms with Crippen molar-refractivity contribution in [3.8, 4) is 11.6 Å². The largest absolute Gasteiger partial charge is 0.493 e. The Balaban J connectivity index is 2.05. The lowest BCUT2D eigenvalue weighted by Gasteiger charge is -2.28. The number of aromatic amines is 1. The highest BCUT2D eigenvalue weighted by atomic mass is 16.3. The maximum atomic E-state index is 12.3. The molecule has 3 N–H and O–H groups in total. The van der Waals surface area contributed by atoms with Gasteiger partial charge < -0.3 is 10.0 Å². The first-order valence-corrected chi connectivity index (χ1v) is 8.64. The molecule has 0 radical (unpaired) electrons. The Bertz CT molecular complexity index is 935. The highest BCUT2D eigenvalue weighted by Crippen LogP contribution is 2.17. The number of aryl methyl sites for hydroxylation is 1. The lowest BCUT2D eigenvalue weighted by Crippen LogP contribution is -3.11. The van der Waals surface area contributed by atoms with Crippen LogP contribution in [-0.2, 0) is 0 Å². The molecule has 0 saturated carbocycles. The number of aromatic hydroxyl groups is 1. The van der Waals surface area contributed by atoms with Gasteiger partial charge in [0.2, 0.25) is 5.88 Å². The van der Waals surface area contributed by atoms with Gasteiger partial charge in [0, 0.05) is 0 Å². The second-order valence-corrected chi connectivity index (χ2v) is 6.73. The van der Waals surface area contributed by atoms with Crippen molar-refractivity contribution in [1.29, 1.82) is 0 Å². The number of H-pyrrole nitrogens is 1. The Kier molecular flexibility index (Phi) is 4.94. The number of hydrogen-bond donors (Lipinski definition) is 3. The minimum absolute atomic E-state index is 0.0106. The second-order valence-electron chi connectivity index (χ2n) is 6.73. The first-order valence-electron chi connectivity index (χ1n) is 8.64. The molecule has 0 spiro atoms. The number of quaternary nitrogens is 1. The SMILES string of the molecule is C/C(=N\N1CC[NH+](C)CC1)c1c(O)n(-c2ccc(C)cc2)c(=O)[nH]c1=O. The number of nitrogens with one attached hydrogen (secondary N) is 2. The van der Waals surface area contributed by atoms with Crippen LogP contribution in [0.3, 0.4) is 0 Å². The zero-order chi connectivity index (χ0) is 18.8. The zero-order valence-corrected chi connectivity index (χ0v) is 15.2. The van der Waals surface area contributed by atoms with Crippen LogP contribution in [0.25, 0.3) is 5.69 Å². The third-order valence-corrected chi connectivity index (χ3v) is 4.62. The average molecular weight is 358 g/mol. The predicted molar refractivity (Wildman–Crippen MR) is 99.5 cm³/mol.